The van der Waals surface area contributed by atoms with Gasteiger partial charge in [-0.1, -0.05) is 0 Å². The summed E-state index contributed by atoms with van der Waals surface area (Å²) in [5.41, 5.74) is 0.898. The van der Waals surface area contributed by atoms with E-state index < -0.39 is 0 Å². The number of ether oxygens (including phenoxy) is 2. The Kier molecular flexibility index (Phi) is 4.83. The van der Waals surface area contributed by atoms with Crippen LogP contribution < -0.4 is 5.32 Å². The summed E-state index contributed by atoms with van der Waals surface area (Å²) in [5.74, 6) is 0.938. The number of aromatic amines is 1. The normalized spacial score (nSPS) is 19.2. The molecule has 0 spiro atoms. The highest BCUT2D eigenvalue weighted by atomic mass is 16.5. The van der Waals surface area contributed by atoms with Gasteiger partial charge < -0.3 is 19.8 Å². The molecule has 0 radical (unpaired) electrons. The standard InChI is InChI=1S/C15H27N3O2/c1-5-20-15(6-8-19-9-7-15)13-16-10-12(18-13)11-17-14(2,3)4/h10,17H,5-9,11H2,1-4H3,(H,16,18). The third-order valence-electron chi connectivity index (χ3n) is 3.59. The van der Waals surface area contributed by atoms with E-state index in [1.807, 2.05) is 13.1 Å². The minimum Gasteiger partial charge on any atom is -0.381 e. The summed E-state index contributed by atoms with van der Waals surface area (Å²) in [5, 5.41) is 3.46. The van der Waals surface area contributed by atoms with Gasteiger partial charge in [-0.15, -0.1) is 0 Å². The van der Waals surface area contributed by atoms with Crippen LogP contribution in [0.3, 0.4) is 0 Å². The molecule has 5 heteroatoms. The SMILES string of the molecule is CCOC1(c2ncc(CNC(C)(C)C)[nH]2)CCOCC1. The predicted molar refractivity (Wildman–Crippen MR) is 78.5 cm³/mol. The fourth-order valence-corrected chi connectivity index (χ4v) is 2.47. The van der Waals surface area contributed by atoms with Crippen molar-refractivity contribution in [1.82, 2.24) is 15.3 Å². The Bertz CT molecular complexity index is 411. The minimum absolute atomic E-state index is 0.0988. The van der Waals surface area contributed by atoms with Crippen LogP contribution in [0.5, 0.6) is 0 Å². The summed E-state index contributed by atoms with van der Waals surface area (Å²) in [6.07, 6.45) is 3.63. The molecule has 1 saturated heterocycles. The summed E-state index contributed by atoms with van der Waals surface area (Å²) in [4.78, 5) is 7.98. The van der Waals surface area contributed by atoms with Crippen molar-refractivity contribution in [2.45, 2.75) is 58.2 Å². The van der Waals surface area contributed by atoms with Crippen LogP contribution in [0.25, 0.3) is 0 Å². The van der Waals surface area contributed by atoms with Crippen LogP contribution in [0.4, 0.5) is 0 Å². The van der Waals surface area contributed by atoms with Gasteiger partial charge in [0.1, 0.15) is 11.4 Å². The predicted octanol–water partition coefficient (Wildman–Crippen LogP) is 2.34. The molecule has 1 aliphatic heterocycles. The number of hydrogen-bond donors (Lipinski definition) is 2. The number of H-pyrrole nitrogens is 1. The zero-order chi connectivity index (χ0) is 14.6. The van der Waals surface area contributed by atoms with Crippen molar-refractivity contribution < 1.29 is 9.47 Å². The first kappa shape index (κ1) is 15.5. The maximum Gasteiger partial charge on any atom is 0.138 e. The minimum atomic E-state index is -0.299. The van der Waals surface area contributed by atoms with Gasteiger partial charge in [0, 0.05) is 56.6 Å². The highest BCUT2D eigenvalue weighted by Crippen LogP contribution is 2.34. The van der Waals surface area contributed by atoms with E-state index in [1.54, 1.807) is 0 Å². The van der Waals surface area contributed by atoms with Crippen molar-refractivity contribution in [2.24, 2.45) is 0 Å². The molecule has 0 saturated carbocycles. The molecular formula is C15H27N3O2. The molecule has 0 aromatic carbocycles. The fraction of sp³-hybridized carbons (Fsp3) is 0.800. The van der Waals surface area contributed by atoms with Gasteiger partial charge in [-0.3, -0.25) is 0 Å². The molecular weight excluding hydrogens is 254 g/mol. The zero-order valence-corrected chi connectivity index (χ0v) is 13.1. The molecule has 20 heavy (non-hydrogen) atoms. The molecule has 0 atom stereocenters. The van der Waals surface area contributed by atoms with Gasteiger partial charge in [-0.05, 0) is 27.7 Å². The van der Waals surface area contributed by atoms with Gasteiger partial charge in [0.25, 0.3) is 0 Å². The van der Waals surface area contributed by atoms with E-state index in [0.29, 0.717) is 6.61 Å². The number of nitrogens with one attached hydrogen (secondary N) is 2. The van der Waals surface area contributed by atoms with Crippen molar-refractivity contribution in [3.63, 3.8) is 0 Å². The second kappa shape index (κ2) is 6.24. The van der Waals surface area contributed by atoms with Gasteiger partial charge in [0.2, 0.25) is 0 Å². The first-order chi connectivity index (χ1) is 9.45. The fourth-order valence-electron chi connectivity index (χ4n) is 2.47. The number of nitrogens with zero attached hydrogens (tertiary/aromatic N) is 1. The van der Waals surface area contributed by atoms with E-state index in [0.717, 1.165) is 44.1 Å². The van der Waals surface area contributed by atoms with E-state index in [-0.39, 0.29) is 11.1 Å². The molecule has 2 rings (SSSR count). The monoisotopic (exact) mass is 281 g/mol. The van der Waals surface area contributed by atoms with Gasteiger partial charge >= 0.3 is 0 Å². The molecule has 1 fully saturated rings. The second-order valence-corrected chi connectivity index (χ2v) is 6.40. The molecule has 1 aromatic heterocycles. The van der Waals surface area contributed by atoms with Crippen LogP contribution in [0.1, 0.15) is 52.1 Å². The van der Waals surface area contributed by atoms with E-state index in [1.165, 1.54) is 0 Å². The van der Waals surface area contributed by atoms with Crippen LogP contribution >= 0.6 is 0 Å². The summed E-state index contributed by atoms with van der Waals surface area (Å²) in [7, 11) is 0. The summed E-state index contributed by atoms with van der Waals surface area (Å²) in [6.45, 7) is 11.4. The van der Waals surface area contributed by atoms with E-state index in [2.05, 4.69) is 36.1 Å². The lowest BCUT2D eigenvalue weighted by atomic mass is 9.93. The Labute approximate surface area is 121 Å². The molecule has 0 amide bonds. The molecule has 5 nitrogen and oxygen atoms in total. The second-order valence-electron chi connectivity index (χ2n) is 6.40. The Morgan fingerprint density at radius 3 is 2.70 bits per heavy atom. The molecule has 0 unspecified atom stereocenters. The van der Waals surface area contributed by atoms with Gasteiger partial charge in [-0.25, -0.2) is 4.98 Å². The lowest BCUT2D eigenvalue weighted by molar-refractivity contribution is -0.117. The number of imidazole rings is 1. The average Bonchev–Trinajstić information content (AvgIpc) is 2.86. The number of hydrogen-bond acceptors (Lipinski definition) is 4. The Morgan fingerprint density at radius 1 is 1.40 bits per heavy atom. The van der Waals surface area contributed by atoms with Crippen LogP contribution in [-0.2, 0) is 21.6 Å². The Hall–Kier alpha value is -0.910. The number of rotatable bonds is 5. The highest BCUT2D eigenvalue weighted by molar-refractivity contribution is 5.10. The van der Waals surface area contributed by atoms with Crippen LogP contribution in [0.2, 0.25) is 0 Å². The molecule has 1 aromatic rings. The molecule has 1 aliphatic rings. The average molecular weight is 281 g/mol. The van der Waals surface area contributed by atoms with Crippen molar-refractivity contribution in [3.05, 3.63) is 17.7 Å². The summed E-state index contributed by atoms with van der Waals surface area (Å²) >= 11 is 0. The third kappa shape index (κ3) is 3.81. The Balaban J connectivity index is 2.08. The topological polar surface area (TPSA) is 59.2 Å². The maximum atomic E-state index is 6.02. The largest absolute Gasteiger partial charge is 0.381 e. The smallest absolute Gasteiger partial charge is 0.138 e. The van der Waals surface area contributed by atoms with Gasteiger partial charge in [-0.2, -0.15) is 0 Å². The third-order valence-corrected chi connectivity index (χ3v) is 3.59. The van der Waals surface area contributed by atoms with Crippen LogP contribution in [-0.4, -0.2) is 35.3 Å². The quantitative estimate of drug-likeness (QED) is 0.869. The van der Waals surface area contributed by atoms with E-state index >= 15 is 0 Å². The van der Waals surface area contributed by atoms with Gasteiger partial charge in [0.15, 0.2) is 0 Å². The molecule has 114 valence electrons. The highest BCUT2D eigenvalue weighted by Gasteiger charge is 2.37. The summed E-state index contributed by atoms with van der Waals surface area (Å²) in [6, 6.07) is 0. The van der Waals surface area contributed by atoms with E-state index in [4.69, 9.17) is 9.47 Å². The number of aromatic nitrogens is 2. The lowest BCUT2D eigenvalue weighted by Gasteiger charge is -2.35. The van der Waals surface area contributed by atoms with Crippen LogP contribution in [0, 0.1) is 0 Å². The molecule has 0 aliphatic carbocycles. The Morgan fingerprint density at radius 2 is 2.10 bits per heavy atom. The van der Waals surface area contributed by atoms with Crippen molar-refractivity contribution >= 4 is 0 Å². The zero-order valence-electron chi connectivity index (χ0n) is 13.1. The first-order valence-corrected chi connectivity index (χ1v) is 7.46. The van der Waals surface area contributed by atoms with Crippen molar-refractivity contribution in [3.8, 4) is 0 Å². The molecule has 0 bridgehead atoms. The van der Waals surface area contributed by atoms with Crippen molar-refractivity contribution in [2.75, 3.05) is 19.8 Å². The molecule has 2 N–H and O–H groups in total. The lowest BCUT2D eigenvalue weighted by Crippen LogP contribution is -2.38. The van der Waals surface area contributed by atoms with E-state index in [9.17, 15) is 0 Å². The first-order valence-electron chi connectivity index (χ1n) is 7.46. The molecule has 2 heterocycles. The maximum absolute atomic E-state index is 6.02. The van der Waals surface area contributed by atoms with Gasteiger partial charge in [0.05, 0.1) is 0 Å². The van der Waals surface area contributed by atoms with Crippen LogP contribution in [0.15, 0.2) is 6.20 Å². The summed E-state index contributed by atoms with van der Waals surface area (Å²) < 4.78 is 11.5. The van der Waals surface area contributed by atoms with Crippen molar-refractivity contribution in [1.29, 1.82) is 0 Å².